The normalized spacial score (nSPS) is 18.1. The minimum absolute atomic E-state index is 0.681. The minimum atomic E-state index is 0.681. The molecule has 0 bridgehead atoms. The van der Waals surface area contributed by atoms with Crippen LogP contribution < -0.4 is 5.32 Å². The average Bonchev–Trinajstić information content (AvgIpc) is 2.90. The van der Waals surface area contributed by atoms with E-state index in [-0.39, 0.29) is 0 Å². The second-order valence-electron chi connectivity index (χ2n) is 5.50. The van der Waals surface area contributed by atoms with Crippen LogP contribution in [0.3, 0.4) is 0 Å². The predicted molar refractivity (Wildman–Crippen MR) is 76.6 cm³/mol. The highest BCUT2D eigenvalue weighted by molar-refractivity contribution is 5.03. The van der Waals surface area contributed by atoms with Gasteiger partial charge in [0.1, 0.15) is 0 Å². The van der Waals surface area contributed by atoms with Gasteiger partial charge in [-0.25, -0.2) is 0 Å². The summed E-state index contributed by atoms with van der Waals surface area (Å²) >= 11 is 0. The first-order valence-corrected chi connectivity index (χ1v) is 7.51. The van der Waals surface area contributed by atoms with E-state index in [2.05, 4.69) is 29.4 Å². The van der Waals surface area contributed by atoms with Crippen LogP contribution in [0.15, 0.2) is 24.4 Å². The fourth-order valence-electron chi connectivity index (χ4n) is 3.11. The van der Waals surface area contributed by atoms with Crippen molar-refractivity contribution in [2.45, 2.75) is 57.9 Å². The van der Waals surface area contributed by atoms with E-state index in [1.807, 2.05) is 12.3 Å². The summed E-state index contributed by atoms with van der Waals surface area (Å²) in [6, 6.07) is 6.89. The summed E-state index contributed by atoms with van der Waals surface area (Å²) in [6.07, 6.45) is 11.4. The Morgan fingerprint density at radius 3 is 2.83 bits per heavy atom. The SMILES string of the molecule is CCNC(CCc1ccccn1)CC1CCCC1. The van der Waals surface area contributed by atoms with Crippen molar-refractivity contribution in [2.75, 3.05) is 6.54 Å². The summed E-state index contributed by atoms with van der Waals surface area (Å²) in [5, 5.41) is 3.65. The lowest BCUT2D eigenvalue weighted by molar-refractivity contribution is 0.375. The van der Waals surface area contributed by atoms with Crippen molar-refractivity contribution >= 4 is 0 Å². The average molecular weight is 246 g/mol. The van der Waals surface area contributed by atoms with Gasteiger partial charge in [-0.15, -0.1) is 0 Å². The van der Waals surface area contributed by atoms with E-state index in [9.17, 15) is 0 Å². The van der Waals surface area contributed by atoms with Crippen LogP contribution in [0.5, 0.6) is 0 Å². The van der Waals surface area contributed by atoms with Gasteiger partial charge in [0.2, 0.25) is 0 Å². The lowest BCUT2D eigenvalue weighted by atomic mass is 9.95. The van der Waals surface area contributed by atoms with Gasteiger partial charge in [0.25, 0.3) is 0 Å². The molecule has 0 saturated heterocycles. The van der Waals surface area contributed by atoms with Crippen molar-refractivity contribution in [1.29, 1.82) is 0 Å². The largest absolute Gasteiger partial charge is 0.314 e. The zero-order chi connectivity index (χ0) is 12.6. The van der Waals surface area contributed by atoms with Crippen LogP contribution in [0.4, 0.5) is 0 Å². The van der Waals surface area contributed by atoms with Crippen molar-refractivity contribution in [2.24, 2.45) is 5.92 Å². The summed E-state index contributed by atoms with van der Waals surface area (Å²) in [4.78, 5) is 4.41. The zero-order valence-electron chi connectivity index (χ0n) is 11.6. The van der Waals surface area contributed by atoms with Gasteiger partial charge in [-0.2, -0.15) is 0 Å². The molecule has 18 heavy (non-hydrogen) atoms. The second-order valence-corrected chi connectivity index (χ2v) is 5.50. The first-order valence-electron chi connectivity index (χ1n) is 7.51. The molecule has 0 aromatic carbocycles. The molecule has 1 aliphatic carbocycles. The number of hydrogen-bond donors (Lipinski definition) is 1. The third-order valence-corrected chi connectivity index (χ3v) is 4.06. The van der Waals surface area contributed by atoms with Gasteiger partial charge in [-0.3, -0.25) is 4.98 Å². The van der Waals surface area contributed by atoms with Crippen LogP contribution in [0.25, 0.3) is 0 Å². The number of pyridine rings is 1. The van der Waals surface area contributed by atoms with Gasteiger partial charge in [0.05, 0.1) is 0 Å². The molecule has 1 aromatic heterocycles. The number of rotatable bonds is 7. The number of aromatic nitrogens is 1. The standard InChI is InChI=1S/C16H26N2/c1-2-17-16(13-14-7-3-4-8-14)11-10-15-9-5-6-12-18-15/h5-6,9,12,14,16-17H,2-4,7-8,10-11,13H2,1H3. The summed E-state index contributed by atoms with van der Waals surface area (Å²) in [6.45, 7) is 3.29. The van der Waals surface area contributed by atoms with Crippen molar-refractivity contribution in [3.8, 4) is 0 Å². The van der Waals surface area contributed by atoms with Crippen molar-refractivity contribution in [3.63, 3.8) is 0 Å². The Hall–Kier alpha value is -0.890. The minimum Gasteiger partial charge on any atom is -0.314 e. The summed E-state index contributed by atoms with van der Waals surface area (Å²) in [7, 11) is 0. The van der Waals surface area contributed by atoms with E-state index >= 15 is 0 Å². The van der Waals surface area contributed by atoms with Crippen molar-refractivity contribution < 1.29 is 0 Å². The molecule has 100 valence electrons. The molecule has 0 amide bonds. The highest BCUT2D eigenvalue weighted by Crippen LogP contribution is 2.29. The summed E-state index contributed by atoms with van der Waals surface area (Å²) in [5.74, 6) is 0.970. The Bertz CT molecular complexity index is 317. The van der Waals surface area contributed by atoms with E-state index in [1.54, 1.807) is 0 Å². The molecule has 1 aliphatic rings. The van der Waals surface area contributed by atoms with Gasteiger partial charge >= 0.3 is 0 Å². The highest BCUT2D eigenvalue weighted by atomic mass is 14.9. The highest BCUT2D eigenvalue weighted by Gasteiger charge is 2.19. The fraction of sp³-hybridized carbons (Fsp3) is 0.688. The van der Waals surface area contributed by atoms with E-state index < -0.39 is 0 Å². The van der Waals surface area contributed by atoms with Gasteiger partial charge < -0.3 is 5.32 Å². The molecule has 1 aromatic rings. The lowest BCUT2D eigenvalue weighted by Gasteiger charge is -2.21. The van der Waals surface area contributed by atoms with Crippen LogP contribution in [-0.2, 0) is 6.42 Å². The van der Waals surface area contributed by atoms with Crippen LogP contribution >= 0.6 is 0 Å². The number of hydrogen-bond acceptors (Lipinski definition) is 2. The Kier molecular flexibility index (Phi) is 5.66. The van der Waals surface area contributed by atoms with E-state index in [0.717, 1.165) is 18.9 Å². The summed E-state index contributed by atoms with van der Waals surface area (Å²) < 4.78 is 0. The van der Waals surface area contributed by atoms with E-state index in [4.69, 9.17) is 0 Å². The Balaban J connectivity index is 1.78. The maximum Gasteiger partial charge on any atom is 0.0404 e. The zero-order valence-corrected chi connectivity index (χ0v) is 11.6. The topological polar surface area (TPSA) is 24.9 Å². The Morgan fingerprint density at radius 2 is 2.17 bits per heavy atom. The third-order valence-electron chi connectivity index (χ3n) is 4.06. The summed E-state index contributed by atoms with van der Waals surface area (Å²) in [5.41, 5.74) is 1.23. The number of aryl methyl sites for hydroxylation is 1. The molecule has 2 nitrogen and oxygen atoms in total. The fourth-order valence-corrected chi connectivity index (χ4v) is 3.11. The number of nitrogens with one attached hydrogen (secondary N) is 1. The molecule has 2 heteroatoms. The molecule has 0 spiro atoms. The molecular formula is C16H26N2. The smallest absolute Gasteiger partial charge is 0.0404 e. The lowest BCUT2D eigenvalue weighted by Crippen LogP contribution is -2.31. The number of nitrogens with zero attached hydrogens (tertiary/aromatic N) is 1. The van der Waals surface area contributed by atoms with Gasteiger partial charge in [0.15, 0.2) is 0 Å². The molecule has 1 fully saturated rings. The van der Waals surface area contributed by atoms with Crippen LogP contribution in [0, 0.1) is 5.92 Å². The van der Waals surface area contributed by atoms with Gasteiger partial charge in [-0.05, 0) is 43.9 Å². The van der Waals surface area contributed by atoms with Gasteiger partial charge in [-0.1, -0.05) is 38.7 Å². The van der Waals surface area contributed by atoms with Crippen LogP contribution in [-0.4, -0.2) is 17.6 Å². The molecule has 1 heterocycles. The second kappa shape index (κ2) is 7.52. The molecule has 1 saturated carbocycles. The third kappa shape index (κ3) is 4.41. The van der Waals surface area contributed by atoms with Crippen LogP contribution in [0.2, 0.25) is 0 Å². The molecular weight excluding hydrogens is 220 g/mol. The maximum absolute atomic E-state index is 4.41. The quantitative estimate of drug-likeness (QED) is 0.795. The van der Waals surface area contributed by atoms with E-state index in [1.165, 1.54) is 44.2 Å². The van der Waals surface area contributed by atoms with Crippen molar-refractivity contribution in [3.05, 3.63) is 30.1 Å². The Morgan fingerprint density at radius 1 is 1.33 bits per heavy atom. The van der Waals surface area contributed by atoms with Gasteiger partial charge in [0, 0.05) is 17.9 Å². The molecule has 0 aliphatic heterocycles. The maximum atomic E-state index is 4.41. The first-order chi connectivity index (χ1) is 8.88. The first kappa shape index (κ1) is 13.5. The molecule has 1 atom stereocenters. The van der Waals surface area contributed by atoms with Crippen LogP contribution in [0.1, 0.15) is 51.1 Å². The predicted octanol–water partition coefficient (Wildman–Crippen LogP) is 3.57. The molecule has 0 radical (unpaired) electrons. The van der Waals surface area contributed by atoms with Crippen molar-refractivity contribution in [1.82, 2.24) is 10.3 Å². The molecule has 1 unspecified atom stereocenters. The Labute approximate surface area is 111 Å². The van der Waals surface area contributed by atoms with E-state index in [0.29, 0.717) is 6.04 Å². The monoisotopic (exact) mass is 246 g/mol. The molecule has 2 rings (SSSR count). The molecule has 1 N–H and O–H groups in total.